The summed E-state index contributed by atoms with van der Waals surface area (Å²) in [5.41, 5.74) is 6.63. The lowest BCUT2D eigenvalue weighted by Gasteiger charge is -2.05. The number of hydrogen-bond acceptors (Lipinski definition) is 4. The molecule has 0 aliphatic rings. The summed E-state index contributed by atoms with van der Waals surface area (Å²) in [6.45, 7) is 0.195. The first-order valence-electron chi connectivity index (χ1n) is 6.07. The normalized spacial score (nSPS) is 11.2. The number of oxime groups is 1. The van der Waals surface area contributed by atoms with E-state index in [1.165, 1.54) is 30.5 Å². The second-order valence-electron chi connectivity index (χ2n) is 4.23. The molecule has 21 heavy (non-hydrogen) atoms. The minimum absolute atomic E-state index is 0.0887. The molecule has 4 N–H and O–H groups in total. The van der Waals surface area contributed by atoms with Crippen molar-refractivity contribution in [2.75, 3.05) is 0 Å². The number of halogens is 1. The van der Waals surface area contributed by atoms with Gasteiger partial charge in [0.25, 0.3) is 5.91 Å². The van der Waals surface area contributed by atoms with Crippen LogP contribution in [0, 0.1) is 5.82 Å². The van der Waals surface area contributed by atoms with Crippen LogP contribution in [0.15, 0.2) is 47.8 Å². The molecule has 0 spiro atoms. The average molecular weight is 288 g/mol. The van der Waals surface area contributed by atoms with Crippen molar-refractivity contribution in [3.05, 3.63) is 65.2 Å². The molecular weight excluding hydrogens is 275 g/mol. The van der Waals surface area contributed by atoms with Gasteiger partial charge in [0.15, 0.2) is 5.84 Å². The van der Waals surface area contributed by atoms with Crippen LogP contribution in [-0.2, 0) is 6.54 Å². The van der Waals surface area contributed by atoms with Gasteiger partial charge >= 0.3 is 0 Å². The number of nitrogens with zero attached hydrogens (tertiary/aromatic N) is 2. The Bertz CT molecular complexity index is 671. The van der Waals surface area contributed by atoms with Crippen LogP contribution in [0.4, 0.5) is 4.39 Å². The molecular formula is C14H13FN4O2. The van der Waals surface area contributed by atoms with Crippen molar-refractivity contribution in [1.29, 1.82) is 0 Å². The Morgan fingerprint density at radius 2 is 2.19 bits per heavy atom. The average Bonchev–Trinajstić information content (AvgIpc) is 2.52. The van der Waals surface area contributed by atoms with Crippen molar-refractivity contribution < 1.29 is 14.4 Å². The summed E-state index contributed by atoms with van der Waals surface area (Å²) in [5.74, 6) is -0.845. The van der Waals surface area contributed by atoms with Gasteiger partial charge in [0.1, 0.15) is 11.5 Å². The van der Waals surface area contributed by atoms with Crippen LogP contribution in [0.5, 0.6) is 0 Å². The van der Waals surface area contributed by atoms with Gasteiger partial charge in [0.05, 0.1) is 0 Å². The van der Waals surface area contributed by atoms with Gasteiger partial charge in [-0.2, -0.15) is 0 Å². The van der Waals surface area contributed by atoms with Gasteiger partial charge in [0.2, 0.25) is 0 Å². The maximum atomic E-state index is 13.0. The van der Waals surface area contributed by atoms with E-state index in [0.717, 1.165) is 0 Å². The minimum atomic E-state index is -0.398. The third-order valence-electron chi connectivity index (χ3n) is 2.74. The van der Waals surface area contributed by atoms with Crippen molar-refractivity contribution in [2.24, 2.45) is 10.9 Å². The van der Waals surface area contributed by atoms with Crippen molar-refractivity contribution in [2.45, 2.75) is 6.54 Å². The molecule has 2 aromatic rings. The third-order valence-corrected chi connectivity index (χ3v) is 2.74. The number of pyridine rings is 1. The minimum Gasteiger partial charge on any atom is -0.409 e. The zero-order valence-corrected chi connectivity index (χ0v) is 11.0. The summed E-state index contributed by atoms with van der Waals surface area (Å²) in [5, 5.41) is 14.0. The van der Waals surface area contributed by atoms with Crippen molar-refractivity contribution in [3.63, 3.8) is 0 Å². The highest BCUT2D eigenvalue weighted by Crippen LogP contribution is 2.04. The highest BCUT2D eigenvalue weighted by atomic mass is 19.1. The summed E-state index contributed by atoms with van der Waals surface area (Å²) in [6.07, 6.45) is 1.33. The number of amidine groups is 1. The molecule has 0 saturated heterocycles. The molecule has 7 heteroatoms. The van der Waals surface area contributed by atoms with E-state index in [9.17, 15) is 9.18 Å². The Kier molecular flexibility index (Phi) is 4.45. The summed E-state index contributed by atoms with van der Waals surface area (Å²) >= 11 is 0. The number of carbonyl (C=O) groups is 1. The molecule has 0 aliphatic carbocycles. The van der Waals surface area contributed by atoms with Gasteiger partial charge in [-0.1, -0.05) is 17.3 Å². The lowest BCUT2D eigenvalue weighted by Crippen LogP contribution is -2.24. The number of nitrogens with two attached hydrogens (primary N) is 1. The molecule has 0 unspecified atom stereocenters. The van der Waals surface area contributed by atoms with Gasteiger partial charge in [0, 0.05) is 18.3 Å². The molecule has 2 rings (SSSR count). The Labute approximate surface area is 120 Å². The fraction of sp³-hybridized carbons (Fsp3) is 0.0714. The summed E-state index contributed by atoms with van der Waals surface area (Å²) in [6, 6.07) is 8.92. The van der Waals surface area contributed by atoms with Gasteiger partial charge < -0.3 is 16.3 Å². The molecule has 6 nitrogen and oxygen atoms in total. The van der Waals surface area contributed by atoms with Gasteiger partial charge in [-0.25, -0.2) is 4.39 Å². The summed E-state index contributed by atoms with van der Waals surface area (Å²) in [7, 11) is 0. The molecule has 0 aliphatic heterocycles. The predicted molar refractivity (Wildman–Crippen MR) is 74.3 cm³/mol. The highest BCUT2D eigenvalue weighted by Gasteiger charge is 2.08. The first kappa shape index (κ1) is 14.4. The molecule has 0 fully saturated rings. The number of hydrogen-bond donors (Lipinski definition) is 3. The molecule has 0 saturated carbocycles. The maximum absolute atomic E-state index is 13.0. The third kappa shape index (κ3) is 3.75. The highest BCUT2D eigenvalue weighted by molar-refractivity contribution is 5.98. The molecule has 108 valence electrons. The number of aromatic nitrogens is 1. The molecule has 1 amide bonds. The van der Waals surface area contributed by atoms with Gasteiger partial charge in [-0.15, -0.1) is 0 Å². The predicted octanol–water partition coefficient (Wildman–Crippen LogP) is 1.25. The largest absolute Gasteiger partial charge is 0.409 e. The van der Waals surface area contributed by atoms with Crippen LogP contribution in [0.3, 0.4) is 0 Å². The SMILES string of the molecule is NC(=NO)c1ccc(C(=O)NCc2cccc(F)c2)nc1. The van der Waals surface area contributed by atoms with Crippen LogP contribution in [0.25, 0.3) is 0 Å². The molecule has 1 aromatic carbocycles. The van der Waals surface area contributed by atoms with Crippen LogP contribution < -0.4 is 11.1 Å². The van der Waals surface area contributed by atoms with E-state index in [1.54, 1.807) is 12.1 Å². The van der Waals surface area contributed by atoms with Gasteiger partial charge in [-0.05, 0) is 29.8 Å². The van der Waals surface area contributed by atoms with Crippen LogP contribution in [0.2, 0.25) is 0 Å². The number of carbonyl (C=O) groups excluding carboxylic acids is 1. The topological polar surface area (TPSA) is 101 Å². The van der Waals surface area contributed by atoms with E-state index < -0.39 is 5.91 Å². The number of benzene rings is 1. The quantitative estimate of drug-likeness (QED) is 0.341. The maximum Gasteiger partial charge on any atom is 0.270 e. The Hall–Kier alpha value is -2.96. The van der Waals surface area contributed by atoms with Crippen LogP contribution >= 0.6 is 0 Å². The first-order valence-corrected chi connectivity index (χ1v) is 6.07. The first-order chi connectivity index (χ1) is 10.1. The van der Waals surface area contributed by atoms with Crippen LogP contribution in [0.1, 0.15) is 21.6 Å². The standard InChI is InChI=1S/C14H13FN4O2/c15-11-3-1-2-9(6-11)7-18-14(20)12-5-4-10(8-17-12)13(16)19-21/h1-6,8,21H,7H2,(H2,16,19)(H,18,20). The van der Waals surface area contributed by atoms with Crippen molar-refractivity contribution >= 4 is 11.7 Å². The molecule has 1 aromatic heterocycles. The lowest BCUT2D eigenvalue weighted by molar-refractivity contribution is 0.0946. The van der Waals surface area contributed by atoms with E-state index in [0.29, 0.717) is 11.1 Å². The van der Waals surface area contributed by atoms with E-state index in [4.69, 9.17) is 10.9 Å². The monoisotopic (exact) mass is 288 g/mol. The van der Waals surface area contributed by atoms with E-state index in [1.807, 2.05) is 0 Å². The number of amides is 1. The Morgan fingerprint density at radius 3 is 2.81 bits per heavy atom. The zero-order chi connectivity index (χ0) is 15.2. The van der Waals surface area contributed by atoms with Crippen molar-refractivity contribution in [1.82, 2.24) is 10.3 Å². The van der Waals surface area contributed by atoms with E-state index >= 15 is 0 Å². The van der Waals surface area contributed by atoms with E-state index in [-0.39, 0.29) is 23.9 Å². The van der Waals surface area contributed by atoms with Gasteiger partial charge in [-0.3, -0.25) is 9.78 Å². The molecule has 0 atom stereocenters. The van der Waals surface area contributed by atoms with Crippen molar-refractivity contribution in [3.8, 4) is 0 Å². The molecule has 1 heterocycles. The summed E-state index contributed by atoms with van der Waals surface area (Å²) < 4.78 is 13.0. The second kappa shape index (κ2) is 6.47. The lowest BCUT2D eigenvalue weighted by atomic mass is 10.2. The number of rotatable bonds is 4. The van der Waals surface area contributed by atoms with E-state index in [2.05, 4.69) is 15.5 Å². The summed E-state index contributed by atoms with van der Waals surface area (Å²) in [4.78, 5) is 15.8. The van der Waals surface area contributed by atoms with Crippen LogP contribution in [-0.4, -0.2) is 21.9 Å². The Balaban J connectivity index is 2.00. The smallest absolute Gasteiger partial charge is 0.270 e. The molecule has 0 radical (unpaired) electrons. The fourth-order valence-corrected chi connectivity index (χ4v) is 1.66. The Morgan fingerprint density at radius 1 is 1.38 bits per heavy atom. The fourth-order valence-electron chi connectivity index (χ4n) is 1.66. The zero-order valence-electron chi connectivity index (χ0n) is 11.0. The number of nitrogens with one attached hydrogen (secondary N) is 1. The second-order valence-corrected chi connectivity index (χ2v) is 4.23. The molecule has 0 bridgehead atoms.